The van der Waals surface area contributed by atoms with E-state index in [1.807, 2.05) is 11.3 Å². The van der Waals surface area contributed by atoms with Crippen molar-refractivity contribution < 1.29 is 4.79 Å². The number of hydrogen-bond acceptors (Lipinski definition) is 6. The van der Waals surface area contributed by atoms with E-state index in [9.17, 15) is 4.79 Å². The Kier molecular flexibility index (Phi) is 5.43. The first-order chi connectivity index (χ1) is 14.2. The molecule has 0 unspecified atom stereocenters. The number of aryl methyl sites for hydroxylation is 2. The molecule has 0 aromatic carbocycles. The van der Waals surface area contributed by atoms with Crippen LogP contribution in [0.5, 0.6) is 0 Å². The molecule has 2 aromatic rings. The monoisotopic (exact) mass is 413 g/mol. The van der Waals surface area contributed by atoms with Crippen LogP contribution in [0.2, 0.25) is 0 Å². The zero-order valence-corrected chi connectivity index (χ0v) is 18.2. The molecule has 0 spiro atoms. The van der Waals surface area contributed by atoms with Crippen molar-refractivity contribution in [2.75, 3.05) is 50.7 Å². The van der Waals surface area contributed by atoms with Gasteiger partial charge in [-0.2, -0.15) is 0 Å². The molecule has 2 fully saturated rings. The van der Waals surface area contributed by atoms with Crippen molar-refractivity contribution in [2.24, 2.45) is 5.92 Å². The molecule has 1 amide bonds. The van der Waals surface area contributed by atoms with Crippen LogP contribution < -0.4 is 4.90 Å². The Morgan fingerprint density at radius 1 is 1.10 bits per heavy atom. The second-order valence-corrected chi connectivity index (χ2v) is 9.77. The third-order valence-corrected chi connectivity index (χ3v) is 8.23. The number of hydrogen-bond donors (Lipinski definition) is 0. The maximum absolute atomic E-state index is 12.8. The van der Waals surface area contributed by atoms with Crippen molar-refractivity contribution in [2.45, 2.75) is 45.4 Å². The van der Waals surface area contributed by atoms with E-state index in [0.717, 1.165) is 69.3 Å². The molecule has 7 heteroatoms. The number of thiophene rings is 1. The number of piperidine rings is 1. The highest BCUT2D eigenvalue weighted by Gasteiger charge is 2.28. The zero-order valence-electron chi connectivity index (χ0n) is 17.4. The summed E-state index contributed by atoms with van der Waals surface area (Å²) in [5.74, 6) is 2.00. The molecule has 2 saturated heterocycles. The third kappa shape index (κ3) is 3.75. The molecule has 29 heavy (non-hydrogen) atoms. The number of amides is 1. The number of carbonyl (C=O) groups excluding carboxylic acids is 1. The molecule has 0 bridgehead atoms. The Balaban J connectivity index is 1.20. The van der Waals surface area contributed by atoms with Gasteiger partial charge < -0.3 is 14.7 Å². The maximum Gasteiger partial charge on any atom is 0.222 e. The molecule has 0 saturated carbocycles. The lowest BCUT2D eigenvalue weighted by atomic mass is 9.92. The summed E-state index contributed by atoms with van der Waals surface area (Å²) in [6.45, 7) is 9.12. The molecular formula is C22H31N5OS. The first kappa shape index (κ1) is 19.2. The maximum atomic E-state index is 12.8. The molecule has 156 valence electrons. The SMILES string of the molecule is CCN1CCN(C(=O)CC2CCN(c3ncnc4sc5c(c34)CCC5)CC2)CC1. The van der Waals surface area contributed by atoms with E-state index in [-0.39, 0.29) is 0 Å². The van der Waals surface area contributed by atoms with Gasteiger partial charge >= 0.3 is 0 Å². The summed E-state index contributed by atoms with van der Waals surface area (Å²) in [5, 5.41) is 1.31. The summed E-state index contributed by atoms with van der Waals surface area (Å²) in [6.07, 6.45) is 8.25. The minimum Gasteiger partial charge on any atom is -0.356 e. The third-order valence-electron chi connectivity index (χ3n) is 7.03. The zero-order chi connectivity index (χ0) is 19.8. The second kappa shape index (κ2) is 8.19. The Hall–Kier alpha value is -1.73. The van der Waals surface area contributed by atoms with Crippen LogP contribution in [0.1, 0.15) is 43.0 Å². The van der Waals surface area contributed by atoms with Crippen LogP contribution >= 0.6 is 11.3 Å². The Labute approximate surface area is 176 Å². The summed E-state index contributed by atoms with van der Waals surface area (Å²) in [7, 11) is 0. The van der Waals surface area contributed by atoms with Crippen LogP contribution in [0.25, 0.3) is 10.2 Å². The molecule has 1 aliphatic carbocycles. The standard InChI is InChI=1S/C22H31N5OS/c1-2-25-10-12-26(13-11-25)19(28)14-16-6-8-27(9-7-16)21-20-17-4-3-5-18(17)29-22(20)24-15-23-21/h15-16H,2-14H2,1H3. The number of aromatic nitrogens is 2. The van der Waals surface area contributed by atoms with E-state index >= 15 is 0 Å². The van der Waals surface area contributed by atoms with Gasteiger partial charge in [0.1, 0.15) is 17.0 Å². The van der Waals surface area contributed by atoms with Gasteiger partial charge in [0, 0.05) is 50.6 Å². The van der Waals surface area contributed by atoms with Crippen LogP contribution in [0, 0.1) is 5.92 Å². The van der Waals surface area contributed by atoms with Crippen LogP contribution in [0.3, 0.4) is 0 Å². The van der Waals surface area contributed by atoms with Crippen LogP contribution in [0.4, 0.5) is 5.82 Å². The fraction of sp³-hybridized carbons (Fsp3) is 0.682. The van der Waals surface area contributed by atoms with E-state index in [2.05, 4.69) is 26.6 Å². The van der Waals surface area contributed by atoms with Crippen LogP contribution in [-0.2, 0) is 17.6 Å². The number of nitrogens with zero attached hydrogens (tertiary/aromatic N) is 5. The number of fused-ring (bicyclic) bond motifs is 3. The van der Waals surface area contributed by atoms with Crippen molar-refractivity contribution in [1.82, 2.24) is 19.8 Å². The summed E-state index contributed by atoms with van der Waals surface area (Å²) in [6, 6.07) is 0. The molecule has 0 radical (unpaired) electrons. The van der Waals surface area contributed by atoms with E-state index in [1.165, 1.54) is 35.1 Å². The number of piperazine rings is 1. The average Bonchev–Trinajstić information content (AvgIpc) is 3.35. The minimum atomic E-state index is 0.360. The van der Waals surface area contributed by atoms with Gasteiger partial charge in [0.25, 0.3) is 0 Å². The largest absolute Gasteiger partial charge is 0.356 e. The van der Waals surface area contributed by atoms with Crippen molar-refractivity contribution in [3.63, 3.8) is 0 Å². The second-order valence-electron chi connectivity index (χ2n) is 8.68. The van der Waals surface area contributed by atoms with E-state index in [0.29, 0.717) is 18.2 Å². The minimum absolute atomic E-state index is 0.360. The van der Waals surface area contributed by atoms with Crippen LogP contribution in [0.15, 0.2) is 6.33 Å². The van der Waals surface area contributed by atoms with Gasteiger partial charge in [0.15, 0.2) is 0 Å². The van der Waals surface area contributed by atoms with Gasteiger partial charge in [0.05, 0.1) is 5.39 Å². The Bertz CT molecular complexity index is 881. The molecule has 3 aliphatic rings. The molecule has 4 heterocycles. The normalized spacial score (nSPS) is 21.1. The van der Waals surface area contributed by atoms with E-state index in [1.54, 1.807) is 6.33 Å². The van der Waals surface area contributed by atoms with Crippen LogP contribution in [-0.4, -0.2) is 71.5 Å². The number of rotatable bonds is 4. The van der Waals surface area contributed by atoms with Gasteiger partial charge in [0.2, 0.25) is 5.91 Å². The first-order valence-electron chi connectivity index (χ1n) is 11.2. The fourth-order valence-electron chi connectivity index (χ4n) is 5.19. The number of likely N-dealkylation sites (N-methyl/N-ethyl adjacent to an activating group) is 1. The highest BCUT2D eigenvalue weighted by molar-refractivity contribution is 7.19. The molecule has 0 N–H and O–H groups in total. The predicted octanol–water partition coefficient (Wildman–Crippen LogP) is 2.95. The summed E-state index contributed by atoms with van der Waals surface area (Å²) in [5.41, 5.74) is 1.50. The molecule has 2 aliphatic heterocycles. The molecule has 5 rings (SSSR count). The van der Waals surface area contributed by atoms with E-state index < -0.39 is 0 Å². The predicted molar refractivity (Wildman–Crippen MR) is 118 cm³/mol. The lowest BCUT2D eigenvalue weighted by molar-refractivity contribution is -0.134. The van der Waals surface area contributed by atoms with Gasteiger partial charge in [-0.3, -0.25) is 4.79 Å². The van der Waals surface area contributed by atoms with Crippen molar-refractivity contribution >= 4 is 33.3 Å². The van der Waals surface area contributed by atoms with Gasteiger partial charge in [-0.25, -0.2) is 9.97 Å². The van der Waals surface area contributed by atoms with Gasteiger partial charge in [-0.05, 0) is 50.1 Å². The lowest BCUT2D eigenvalue weighted by Crippen LogP contribution is -2.49. The topological polar surface area (TPSA) is 52.6 Å². The summed E-state index contributed by atoms with van der Waals surface area (Å²) in [4.78, 5) is 31.6. The quantitative estimate of drug-likeness (QED) is 0.771. The van der Waals surface area contributed by atoms with Crippen molar-refractivity contribution in [1.29, 1.82) is 0 Å². The summed E-state index contributed by atoms with van der Waals surface area (Å²) < 4.78 is 0. The first-order valence-corrected chi connectivity index (χ1v) is 12.0. The van der Waals surface area contributed by atoms with Gasteiger partial charge in [-0.1, -0.05) is 6.92 Å². The fourth-order valence-corrected chi connectivity index (χ4v) is 6.41. The molecular weight excluding hydrogens is 382 g/mol. The smallest absolute Gasteiger partial charge is 0.222 e. The number of anilines is 1. The van der Waals surface area contributed by atoms with Crippen molar-refractivity contribution in [3.05, 3.63) is 16.8 Å². The highest BCUT2D eigenvalue weighted by Crippen LogP contribution is 2.40. The lowest BCUT2D eigenvalue weighted by Gasteiger charge is -2.36. The van der Waals surface area contributed by atoms with Crippen molar-refractivity contribution in [3.8, 4) is 0 Å². The average molecular weight is 414 g/mol. The molecule has 6 nitrogen and oxygen atoms in total. The molecule has 2 aromatic heterocycles. The highest BCUT2D eigenvalue weighted by atomic mass is 32.1. The Morgan fingerprint density at radius 3 is 2.66 bits per heavy atom. The summed E-state index contributed by atoms with van der Waals surface area (Å²) >= 11 is 1.86. The molecule has 0 atom stereocenters. The van der Waals surface area contributed by atoms with E-state index in [4.69, 9.17) is 4.98 Å². The Morgan fingerprint density at radius 2 is 1.90 bits per heavy atom. The number of carbonyl (C=O) groups is 1. The van der Waals surface area contributed by atoms with Gasteiger partial charge in [-0.15, -0.1) is 11.3 Å².